The van der Waals surface area contributed by atoms with Crippen LogP contribution in [-0.2, 0) is 9.09 Å². The molecule has 0 aliphatic heterocycles. The molecule has 0 atom stereocenters. The molecule has 0 radical (unpaired) electrons. The van der Waals surface area contributed by atoms with Crippen molar-refractivity contribution < 1.29 is 9.09 Å². The van der Waals surface area contributed by atoms with Crippen molar-refractivity contribution in [3.05, 3.63) is 0 Å². The van der Waals surface area contributed by atoms with Gasteiger partial charge in [-0.05, 0) is 0 Å². The van der Waals surface area contributed by atoms with Gasteiger partial charge in [0.15, 0.2) is 0 Å². The van der Waals surface area contributed by atoms with E-state index in [1.807, 2.05) is 0 Å². The largest absolute Gasteiger partial charge is 0.328 e. The Morgan fingerprint density at radius 2 is 1.83 bits per heavy atom. The van der Waals surface area contributed by atoms with Crippen LogP contribution in [0.5, 0.6) is 0 Å². The molecule has 0 aromatic carbocycles. The second-order valence-electron chi connectivity index (χ2n) is 0.597. The molecule has 0 N–H and O–H groups in total. The van der Waals surface area contributed by atoms with Crippen molar-refractivity contribution in [3.63, 3.8) is 0 Å². The SMILES string of the molecule is COP(=O)(Br)Br. The van der Waals surface area contributed by atoms with Crippen LogP contribution >= 0.6 is 35.8 Å². The van der Waals surface area contributed by atoms with E-state index in [1.165, 1.54) is 7.11 Å². The third-order valence-electron chi connectivity index (χ3n) is 0.213. The highest BCUT2D eigenvalue weighted by Crippen LogP contribution is 2.61. The molecule has 0 saturated carbocycles. The van der Waals surface area contributed by atoms with Gasteiger partial charge >= 0.3 is 4.77 Å². The number of hydrogen-bond acceptors (Lipinski definition) is 2. The maximum Gasteiger partial charge on any atom is 0.328 e. The minimum absolute atomic E-state index is 1.35. The maximum absolute atomic E-state index is 10.2. The van der Waals surface area contributed by atoms with Gasteiger partial charge in [-0.3, -0.25) is 4.57 Å². The van der Waals surface area contributed by atoms with Crippen LogP contribution in [0.1, 0.15) is 0 Å². The molecule has 0 heterocycles. The van der Waals surface area contributed by atoms with Gasteiger partial charge in [-0.25, -0.2) is 0 Å². The lowest BCUT2D eigenvalue weighted by Crippen LogP contribution is -1.58. The minimum atomic E-state index is -2.52. The van der Waals surface area contributed by atoms with E-state index in [2.05, 4.69) is 35.5 Å². The van der Waals surface area contributed by atoms with Gasteiger partial charge in [-0.2, -0.15) is 0 Å². The quantitative estimate of drug-likeness (QED) is 0.656. The molecule has 0 fully saturated rings. The normalized spacial score (nSPS) is 11.8. The molecule has 38 valence electrons. The predicted octanol–water partition coefficient (Wildman–Crippen LogP) is 2.53. The van der Waals surface area contributed by atoms with Gasteiger partial charge in [-0.1, -0.05) is 0 Å². The van der Waals surface area contributed by atoms with Crippen LogP contribution in [0.3, 0.4) is 0 Å². The summed E-state index contributed by atoms with van der Waals surface area (Å²) in [6.07, 6.45) is 0. The molecular formula is CH3Br2O2P. The van der Waals surface area contributed by atoms with E-state index in [4.69, 9.17) is 0 Å². The molecule has 2 nitrogen and oxygen atoms in total. The second-order valence-corrected chi connectivity index (χ2v) is 10.2. The zero-order valence-corrected chi connectivity index (χ0v) is 7.09. The first-order valence-electron chi connectivity index (χ1n) is 1.11. The first-order chi connectivity index (χ1) is 2.56. The highest BCUT2D eigenvalue weighted by molar-refractivity contribution is 9.70. The van der Waals surface area contributed by atoms with E-state index in [9.17, 15) is 4.57 Å². The topological polar surface area (TPSA) is 26.3 Å². The lowest BCUT2D eigenvalue weighted by molar-refractivity contribution is 0.426. The molecule has 0 aliphatic rings. The van der Waals surface area contributed by atoms with E-state index in [0.29, 0.717) is 0 Å². The van der Waals surface area contributed by atoms with E-state index in [-0.39, 0.29) is 0 Å². The summed E-state index contributed by atoms with van der Waals surface area (Å²) in [5, 5.41) is 0. The predicted molar refractivity (Wildman–Crippen MR) is 32.5 cm³/mol. The second kappa shape index (κ2) is 2.46. The van der Waals surface area contributed by atoms with Crippen LogP contribution in [0.4, 0.5) is 0 Å². The summed E-state index contributed by atoms with van der Waals surface area (Å²) in [6.45, 7) is 0. The van der Waals surface area contributed by atoms with E-state index in [0.717, 1.165) is 0 Å². The summed E-state index contributed by atoms with van der Waals surface area (Å²) in [6, 6.07) is 0. The van der Waals surface area contributed by atoms with Crippen LogP contribution in [0.25, 0.3) is 0 Å². The maximum atomic E-state index is 10.2. The summed E-state index contributed by atoms with van der Waals surface area (Å²) in [7, 11) is 1.35. The average molecular weight is 238 g/mol. The standard InChI is InChI=1S/CH3Br2O2P/c1-5-6(2,3)4/h1H3. The summed E-state index contributed by atoms with van der Waals surface area (Å²) in [4.78, 5) is 0. The van der Waals surface area contributed by atoms with Crippen LogP contribution < -0.4 is 0 Å². The Bertz CT molecular complexity index is 75.6. The van der Waals surface area contributed by atoms with E-state index < -0.39 is 4.77 Å². The zero-order chi connectivity index (χ0) is 5.21. The summed E-state index contributed by atoms with van der Waals surface area (Å²) >= 11 is 5.45. The molecule has 5 heteroatoms. The molecule has 0 aromatic rings. The Labute approximate surface area is 52.2 Å². The van der Waals surface area contributed by atoms with Crippen LogP contribution in [0, 0.1) is 0 Å². The molecule has 0 unspecified atom stereocenters. The van der Waals surface area contributed by atoms with Crippen molar-refractivity contribution >= 4 is 35.8 Å². The minimum Gasteiger partial charge on any atom is -0.316 e. The Morgan fingerprint density at radius 3 is 1.83 bits per heavy atom. The smallest absolute Gasteiger partial charge is 0.316 e. The monoisotopic (exact) mass is 236 g/mol. The fourth-order valence-electron chi connectivity index (χ4n) is 0. The van der Waals surface area contributed by atoms with E-state index in [1.54, 1.807) is 0 Å². The van der Waals surface area contributed by atoms with Crippen molar-refractivity contribution in [1.82, 2.24) is 0 Å². The highest BCUT2D eigenvalue weighted by Gasteiger charge is 2.06. The zero-order valence-electron chi connectivity index (χ0n) is 3.02. The number of halogens is 2. The third kappa shape index (κ3) is 5.15. The Morgan fingerprint density at radius 1 is 1.67 bits per heavy atom. The Kier molecular flexibility index (Phi) is 2.93. The first-order valence-corrected chi connectivity index (χ1v) is 6.77. The van der Waals surface area contributed by atoms with Gasteiger partial charge in [0.25, 0.3) is 0 Å². The van der Waals surface area contributed by atoms with E-state index >= 15 is 0 Å². The fourth-order valence-corrected chi connectivity index (χ4v) is 0. The van der Waals surface area contributed by atoms with Gasteiger partial charge in [0.1, 0.15) is 0 Å². The molecule has 0 bridgehead atoms. The van der Waals surface area contributed by atoms with Gasteiger partial charge in [0.2, 0.25) is 0 Å². The summed E-state index contributed by atoms with van der Waals surface area (Å²) < 4.78 is 12.0. The highest BCUT2D eigenvalue weighted by atomic mass is 79.9. The fraction of sp³-hybridized carbons (Fsp3) is 1.00. The van der Waals surface area contributed by atoms with Gasteiger partial charge < -0.3 is 4.52 Å². The molecule has 0 rings (SSSR count). The summed E-state index contributed by atoms with van der Waals surface area (Å²) in [5.74, 6) is 0. The number of hydrogen-bond donors (Lipinski definition) is 0. The van der Waals surface area contributed by atoms with Gasteiger partial charge in [0.05, 0.1) is 0 Å². The van der Waals surface area contributed by atoms with Crippen molar-refractivity contribution in [2.45, 2.75) is 0 Å². The lowest BCUT2D eigenvalue weighted by Gasteiger charge is -1.92. The van der Waals surface area contributed by atoms with Crippen LogP contribution in [0.15, 0.2) is 0 Å². The Balaban J connectivity index is 3.48. The van der Waals surface area contributed by atoms with Crippen molar-refractivity contribution in [2.24, 2.45) is 0 Å². The first kappa shape index (κ1) is 7.15. The molecule has 0 spiro atoms. The molecule has 0 saturated heterocycles. The third-order valence-corrected chi connectivity index (χ3v) is 2.38. The molecule has 0 amide bonds. The lowest BCUT2D eigenvalue weighted by atomic mass is 11.8. The molecule has 0 aliphatic carbocycles. The average Bonchev–Trinajstić information content (AvgIpc) is 1.35. The van der Waals surface area contributed by atoms with Gasteiger partial charge in [0, 0.05) is 38.1 Å². The van der Waals surface area contributed by atoms with Crippen molar-refractivity contribution in [3.8, 4) is 0 Å². The number of rotatable bonds is 1. The van der Waals surface area contributed by atoms with Crippen LogP contribution in [0.2, 0.25) is 0 Å². The van der Waals surface area contributed by atoms with Crippen molar-refractivity contribution in [2.75, 3.05) is 7.11 Å². The van der Waals surface area contributed by atoms with Crippen molar-refractivity contribution in [1.29, 1.82) is 0 Å². The summed E-state index contributed by atoms with van der Waals surface area (Å²) in [5.41, 5.74) is 0. The van der Waals surface area contributed by atoms with Gasteiger partial charge in [-0.15, -0.1) is 0 Å². The Hall–Kier alpha value is 1.15. The molecular weight excluding hydrogens is 235 g/mol. The molecule has 6 heavy (non-hydrogen) atoms. The van der Waals surface area contributed by atoms with Crippen LogP contribution in [-0.4, -0.2) is 7.11 Å². The molecule has 0 aromatic heterocycles.